The Hall–Kier alpha value is -1.22. The Bertz CT molecular complexity index is 261. The Morgan fingerprint density at radius 2 is 1.77 bits per heavy atom. The van der Waals surface area contributed by atoms with Crippen LogP contribution in [0.5, 0.6) is 5.75 Å². The van der Waals surface area contributed by atoms with Gasteiger partial charge in [0.25, 0.3) is 0 Å². The maximum atomic E-state index is 5.76. The molecule has 4 N–H and O–H groups in total. The van der Waals surface area contributed by atoms with Gasteiger partial charge in [-0.05, 0) is 38.1 Å². The van der Waals surface area contributed by atoms with E-state index in [1.807, 2.05) is 26.0 Å². The molecule has 0 aromatic heterocycles. The molecule has 0 atom stereocenters. The lowest BCUT2D eigenvalue weighted by molar-refractivity contribution is 0.243. The van der Waals surface area contributed by atoms with Crippen molar-refractivity contribution in [2.75, 3.05) is 12.3 Å². The number of ether oxygens (including phenoxy) is 1. The van der Waals surface area contributed by atoms with Crippen molar-refractivity contribution in [1.82, 2.24) is 0 Å². The Balaban J connectivity index is 2.51. The fourth-order valence-corrected chi connectivity index (χ4v) is 0.833. The molecule has 0 saturated heterocycles. The van der Waals surface area contributed by atoms with Crippen LogP contribution in [0.4, 0.5) is 5.69 Å². The monoisotopic (exact) mass is 180 g/mol. The zero-order valence-corrected chi connectivity index (χ0v) is 8.08. The summed E-state index contributed by atoms with van der Waals surface area (Å²) in [7, 11) is 0. The molecule has 0 aliphatic rings. The van der Waals surface area contributed by atoms with Gasteiger partial charge in [-0.25, -0.2) is 0 Å². The molecule has 0 heterocycles. The smallest absolute Gasteiger partial charge is 0.119 e. The minimum atomic E-state index is -0.304. The van der Waals surface area contributed by atoms with Crippen molar-refractivity contribution in [2.45, 2.75) is 19.4 Å². The van der Waals surface area contributed by atoms with Crippen LogP contribution >= 0.6 is 0 Å². The molecule has 0 saturated carbocycles. The van der Waals surface area contributed by atoms with Gasteiger partial charge in [0.05, 0.1) is 0 Å². The standard InChI is InChI=1S/C10H16N2O/c1-10(2,12)7-13-9-5-3-8(11)4-6-9/h3-6H,7,11-12H2,1-2H3. The summed E-state index contributed by atoms with van der Waals surface area (Å²) in [5.74, 6) is 0.799. The molecule has 0 aliphatic heterocycles. The van der Waals surface area contributed by atoms with Crippen LogP contribution in [0, 0.1) is 0 Å². The summed E-state index contributed by atoms with van der Waals surface area (Å²) in [6, 6.07) is 7.28. The SMILES string of the molecule is CC(C)(N)COc1ccc(N)cc1. The molecule has 72 valence electrons. The summed E-state index contributed by atoms with van der Waals surface area (Å²) >= 11 is 0. The molecule has 3 heteroatoms. The molecule has 0 bridgehead atoms. The van der Waals surface area contributed by atoms with Crippen LogP contribution in [-0.2, 0) is 0 Å². The van der Waals surface area contributed by atoms with Gasteiger partial charge in [-0.15, -0.1) is 0 Å². The van der Waals surface area contributed by atoms with E-state index in [9.17, 15) is 0 Å². The van der Waals surface area contributed by atoms with Crippen molar-refractivity contribution in [1.29, 1.82) is 0 Å². The van der Waals surface area contributed by atoms with E-state index in [4.69, 9.17) is 16.2 Å². The number of hydrogen-bond acceptors (Lipinski definition) is 3. The van der Waals surface area contributed by atoms with Gasteiger partial charge in [-0.2, -0.15) is 0 Å². The zero-order valence-electron chi connectivity index (χ0n) is 8.08. The zero-order chi connectivity index (χ0) is 9.90. The first-order valence-corrected chi connectivity index (χ1v) is 4.25. The number of benzene rings is 1. The maximum absolute atomic E-state index is 5.76. The van der Waals surface area contributed by atoms with Crippen molar-refractivity contribution in [2.24, 2.45) is 5.73 Å². The first-order chi connectivity index (χ1) is 5.97. The molecule has 0 spiro atoms. The van der Waals surface area contributed by atoms with Crippen LogP contribution in [-0.4, -0.2) is 12.1 Å². The highest BCUT2D eigenvalue weighted by molar-refractivity contribution is 5.41. The highest BCUT2D eigenvalue weighted by Gasteiger charge is 2.10. The first kappa shape index (κ1) is 9.86. The Kier molecular flexibility index (Phi) is 2.78. The van der Waals surface area contributed by atoms with Gasteiger partial charge in [0.2, 0.25) is 0 Å². The fraction of sp³-hybridized carbons (Fsp3) is 0.400. The molecule has 0 fully saturated rings. The predicted molar refractivity (Wildman–Crippen MR) is 54.6 cm³/mol. The normalized spacial score (nSPS) is 11.3. The maximum Gasteiger partial charge on any atom is 0.119 e. The average Bonchev–Trinajstić information content (AvgIpc) is 2.02. The predicted octanol–water partition coefficient (Wildman–Crippen LogP) is 1.38. The van der Waals surface area contributed by atoms with E-state index in [0.717, 1.165) is 11.4 Å². The highest BCUT2D eigenvalue weighted by atomic mass is 16.5. The second kappa shape index (κ2) is 3.66. The molecule has 1 aromatic rings. The van der Waals surface area contributed by atoms with Crippen LogP contribution in [0.3, 0.4) is 0 Å². The molecular weight excluding hydrogens is 164 g/mol. The first-order valence-electron chi connectivity index (χ1n) is 4.25. The number of rotatable bonds is 3. The topological polar surface area (TPSA) is 61.3 Å². The molecule has 0 radical (unpaired) electrons. The summed E-state index contributed by atoms with van der Waals surface area (Å²) < 4.78 is 5.44. The largest absolute Gasteiger partial charge is 0.492 e. The molecule has 0 unspecified atom stereocenters. The number of hydrogen-bond donors (Lipinski definition) is 2. The van der Waals surface area contributed by atoms with Gasteiger partial charge in [-0.3, -0.25) is 0 Å². The molecule has 0 aliphatic carbocycles. The Labute approximate surface area is 78.7 Å². The van der Waals surface area contributed by atoms with Crippen molar-refractivity contribution >= 4 is 5.69 Å². The minimum Gasteiger partial charge on any atom is -0.492 e. The van der Waals surface area contributed by atoms with Gasteiger partial charge < -0.3 is 16.2 Å². The van der Waals surface area contributed by atoms with Crippen molar-refractivity contribution in [3.63, 3.8) is 0 Å². The third kappa shape index (κ3) is 3.80. The average molecular weight is 180 g/mol. The second-order valence-electron chi connectivity index (χ2n) is 3.85. The summed E-state index contributed by atoms with van der Waals surface area (Å²) in [6.07, 6.45) is 0. The van der Waals surface area contributed by atoms with E-state index in [1.54, 1.807) is 12.1 Å². The molecule has 0 amide bonds. The minimum absolute atomic E-state index is 0.304. The number of anilines is 1. The van der Waals surface area contributed by atoms with Crippen molar-refractivity contribution in [3.8, 4) is 5.75 Å². The third-order valence-corrected chi connectivity index (χ3v) is 1.49. The van der Waals surface area contributed by atoms with Gasteiger partial charge in [0.1, 0.15) is 12.4 Å². The lowest BCUT2D eigenvalue weighted by Gasteiger charge is -2.18. The van der Waals surface area contributed by atoms with Crippen LogP contribution in [0.1, 0.15) is 13.8 Å². The van der Waals surface area contributed by atoms with Gasteiger partial charge in [-0.1, -0.05) is 0 Å². The van der Waals surface area contributed by atoms with Crippen molar-refractivity contribution < 1.29 is 4.74 Å². The third-order valence-electron chi connectivity index (χ3n) is 1.49. The fourth-order valence-electron chi connectivity index (χ4n) is 0.833. The molecule has 1 rings (SSSR count). The van der Waals surface area contributed by atoms with E-state index in [-0.39, 0.29) is 5.54 Å². The molecule has 1 aromatic carbocycles. The Morgan fingerprint density at radius 3 is 2.23 bits per heavy atom. The van der Waals surface area contributed by atoms with Crippen LogP contribution < -0.4 is 16.2 Å². The number of nitrogen functional groups attached to an aromatic ring is 1. The van der Waals surface area contributed by atoms with Crippen LogP contribution in [0.25, 0.3) is 0 Å². The molecule has 13 heavy (non-hydrogen) atoms. The van der Waals surface area contributed by atoms with Crippen LogP contribution in [0.2, 0.25) is 0 Å². The molecule has 3 nitrogen and oxygen atoms in total. The van der Waals surface area contributed by atoms with Gasteiger partial charge >= 0.3 is 0 Å². The second-order valence-corrected chi connectivity index (χ2v) is 3.85. The summed E-state index contributed by atoms with van der Waals surface area (Å²) in [5.41, 5.74) is 11.7. The number of nitrogens with two attached hydrogens (primary N) is 2. The lowest BCUT2D eigenvalue weighted by Crippen LogP contribution is -2.38. The lowest BCUT2D eigenvalue weighted by atomic mass is 10.1. The summed E-state index contributed by atoms with van der Waals surface area (Å²) in [6.45, 7) is 4.34. The van der Waals surface area contributed by atoms with E-state index >= 15 is 0 Å². The van der Waals surface area contributed by atoms with E-state index in [2.05, 4.69) is 0 Å². The quantitative estimate of drug-likeness (QED) is 0.691. The van der Waals surface area contributed by atoms with E-state index in [1.165, 1.54) is 0 Å². The van der Waals surface area contributed by atoms with Crippen LogP contribution in [0.15, 0.2) is 24.3 Å². The van der Waals surface area contributed by atoms with E-state index in [0.29, 0.717) is 6.61 Å². The summed E-state index contributed by atoms with van der Waals surface area (Å²) in [5, 5.41) is 0. The van der Waals surface area contributed by atoms with Gasteiger partial charge in [0, 0.05) is 11.2 Å². The van der Waals surface area contributed by atoms with E-state index < -0.39 is 0 Å². The highest BCUT2D eigenvalue weighted by Crippen LogP contribution is 2.14. The molecular formula is C10H16N2O. The van der Waals surface area contributed by atoms with Gasteiger partial charge in [0.15, 0.2) is 0 Å². The summed E-state index contributed by atoms with van der Waals surface area (Å²) in [4.78, 5) is 0. The van der Waals surface area contributed by atoms with Crippen molar-refractivity contribution in [3.05, 3.63) is 24.3 Å². The Morgan fingerprint density at radius 1 is 1.23 bits per heavy atom.